The van der Waals surface area contributed by atoms with E-state index < -0.39 is 19.8 Å². The Labute approximate surface area is 293 Å². The van der Waals surface area contributed by atoms with Crippen LogP contribution in [0.2, 0.25) is 0 Å². The maximum absolute atomic E-state index is 3.97. The van der Waals surface area contributed by atoms with Crippen LogP contribution in [0.4, 0.5) is 0 Å². The molecule has 6 rings (SSSR count). The van der Waals surface area contributed by atoms with Crippen molar-refractivity contribution in [1.82, 2.24) is 0 Å². The Morgan fingerprint density at radius 1 is 0.523 bits per heavy atom. The van der Waals surface area contributed by atoms with Gasteiger partial charge in [-0.1, -0.05) is 27.7 Å². The van der Waals surface area contributed by atoms with Gasteiger partial charge in [0.1, 0.15) is 0 Å². The van der Waals surface area contributed by atoms with E-state index in [9.17, 15) is 0 Å². The molecule has 2 aliphatic rings. The van der Waals surface area contributed by atoms with E-state index in [-0.39, 0.29) is 25.8 Å². The molecule has 4 aromatic carbocycles. The molecular weight excluding hydrogens is 806 g/mol. The van der Waals surface area contributed by atoms with Crippen LogP contribution in [0, 0.1) is 0 Å². The Morgan fingerprint density at radius 3 is 1.55 bits per heavy atom. The zero-order valence-electron chi connectivity index (χ0n) is 27.3. The van der Waals surface area contributed by atoms with Crippen molar-refractivity contribution in [1.29, 1.82) is 0 Å². The van der Waals surface area contributed by atoms with Crippen molar-refractivity contribution in [3.63, 3.8) is 0 Å². The molecule has 1 radical (unpaired) electrons. The minimum absolute atomic E-state index is 0. The summed E-state index contributed by atoms with van der Waals surface area (Å²) in [5.41, 5.74) is 10.3. The number of hydrogen-bond donors (Lipinski definition) is 0. The molecule has 0 saturated heterocycles. The second-order valence-electron chi connectivity index (χ2n) is 11.0. The fourth-order valence-corrected chi connectivity index (χ4v) is 16.1. The fourth-order valence-electron chi connectivity index (χ4n) is 6.29. The Balaban J connectivity index is 0.000000421. The van der Waals surface area contributed by atoms with Crippen molar-refractivity contribution >= 4 is 39.1 Å². The summed E-state index contributed by atoms with van der Waals surface area (Å²) in [6.45, 7) is 16.7. The summed E-state index contributed by atoms with van der Waals surface area (Å²) in [4.78, 5) is 0. The van der Waals surface area contributed by atoms with Crippen molar-refractivity contribution in [3.05, 3.63) is 153 Å². The zero-order valence-corrected chi connectivity index (χ0v) is 33.8. The summed E-state index contributed by atoms with van der Waals surface area (Å²) < 4.78 is 3.75. The predicted molar refractivity (Wildman–Crippen MR) is 192 cm³/mol. The number of hydrogen-bond acceptors (Lipinski definition) is 0. The molecule has 0 fully saturated rings. The van der Waals surface area contributed by atoms with E-state index in [1.807, 2.05) is 27.7 Å². The first kappa shape index (κ1) is 36.4. The summed E-state index contributed by atoms with van der Waals surface area (Å²) in [6.07, 6.45) is 4.82. The summed E-state index contributed by atoms with van der Waals surface area (Å²) >= 11 is -2.42. The van der Waals surface area contributed by atoms with Crippen LogP contribution in [-0.4, -0.2) is 45.9 Å². The molecule has 4 heteroatoms. The van der Waals surface area contributed by atoms with Crippen molar-refractivity contribution in [2.24, 2.45) is 0 Å². The van der Waals surface area contributed by atoms with Gasteiger partial charge < -0.3 is 10.6 Å². The molecule has 4 aromatic rings. The number of nitrogens with zero attached hydrogens (tertiary/aromatic N) is 2. The Bertz CT molecular complexity index is 1500. The van der Waals surface area contributed by atoms with Crippen LogP contribution in [0.25, 0.3) is 22.8 Å². The minimum atomic E-state index is -2.42. The summed E-state index contributed by atoms with van der Waals surface area (Å²) in [7, 11) is 0. The molecule has 0 bridgehead atoms. The number of rotatable bonds is 8. The topological polar surface area (TPSA) is 28.2 Å². The first-order valence-corrected chi connectivity index (χ1v) is 20.4. The van der Waals surface area contributed by atoms with E-state index in [2.05, 4.69) is 140 Å². The Morgan fingerprint density at radius 2 is 0.977 bits per heavy atom. The van der Waals surface area contributed by atoms with Crippen molar-refractivity contribution in [2.75, 3.05) is 26.2 Å². The molecule has 0 aromatic heterocycles. The van der Waals surface area contributed by atoms with Gasteiger partial charge in [0.05, 0.1) is 0 Å². The maximum Gasteiger partial charge on any atom is 0 e. The van der Waals surface area contributed by atoms with E-state index in [1.54, 1.807) is 7.16 Å². The third-order valence-corrected chi connectivity index (χ3v) is 17.6. The van der Waals surface area contributed by atoms with Crippen LogP contribution in [0.3, 0.4) is 0 Å². The quantitative estimate of drug-likeness (QED) is 0.158. The molecule has 2 atom stereocenters. The van der Waals surface area contributed by atoms with E-state index in [0.29, 0.717) is 9.85 Å². The Hall–Kier alpha value is -2.05. The average molecular weight is 853 g/mol. The van der Waals surface area contributed by atoms with Crippen LogP contribution in [0.1, 0.15) is 79.2 Å². The molecular formula is C40H47HfN2Sn-2. The first-order valence-electron chi connectivity index (χ1n) is 15.9. The molecule has 0 heterocycles. The van der Waals surface area contributed by atoms with Crippen LogP contribution in [-0.2, 0) is 25.8 Å². The van der Waals surface area contributed by atoms with Gasteiger partial charge in [-0.3, -0.25) is 0 Å². The number of benzene rings is 4. The smallest absolute Gasteiger partial charge is 0 e. The molecule has 2 aliphatic carbocycles. The van der Waals surface area contributed by atoms with E-state index in [1.165, 1.54) is 39.0 Å². The average Bonchev–Trinajstić information content (AvgIpc) is 3.55. The minimum Gasteiger partial charge on any atom is -0.663 e. The second kappa shape index (κ2) is 18.8. The van der Waals surface area contributed by atoms with E-state index >= 15 is 0 Å². The summed E-state index contributed by atoms with van der Waals surface area (Å²) in [6, 6.07) is 38.8. The van der Waals surface area contributed by atoms with E-state index in [0.717, 1.165) is 26.2 Å². The maximum atomic E-state index is 3.97. The van der Waals surface area contributed by atoms with Gasteiger partial charge in [0.25, 0.3) is 0 Å². The zero-order chi connectivity index (χ0) is 30.6. The van der Waals surface area contributed by atoms with Crippen LogP contribution in [0.5, 0.6) is 0 Å². The predicted octanol–water partition coefficient (Wildman–Crippen LogP) is 9.38. The van der Waals surface area contributed by atoms with E-state index in [4.69, 9.17) is 0 Å². The Kier molecular flexibility index (Phi) is 15.6. The van der Waals surface area contributed by atoms with Gasteiger partial charge in [-0.05, 0) is 0 Å². The third kappa shape index (κ3) is 8.81. The number of fused-ring (bicyclic) bond motifs is 2. The summed E-state index contributed by atoms with van der Waals surface area (Å²) in [5, 5.41) is 7.94. The van der Waals surface area contributed by atoms with Crippen molar-refractivity contribution < 1.29 is 25.8 Å². The molecule has 0 aliphatic heterocycles. The molecule has 44 heavy (non-hydrogen) atoms. The normalized spacial score (nSPS) is 15.9. The van der Waals surface area contributed by atoms with Crippen LogP contribution >= 0.6 is 0 Å². The van der Waals surface area contributed by atoms with Gasteiger partial charge in [0.15, 0.2) is 0 Å². The monoisotopic (exact) mass is 855 g/mol. The largest absolute Gasteiger partial charge is 0.663 e. The second-order valence-corrected chi connectivity index (χ2v) is 18.2. The van der Waals surface area contributed by atoms with Gasteiger partial charge in [-0.2, -0.15) is 26.2 Å². The van der Waals surface area contributed by atoms with Gasteiger partial charge >= 0.3 is 205 Å². The summed E-state index contributed by atoms with van der Waals surface area (Å²) in [5.74, 6) is 0.359. The number of allylic oxidation sites excluding steroid dienone is 2. The molecule has 2 unspecified atom stereocenters. The van der Waals surface area contributed by atoms with Gasteiger partial charge in [-0.15, -0.1) is 0 Å². The molecule has 0 amide bonds. The SMILES string of the molecule is CC1=Cc2ccccc2C1c1cccc[c]1[Sn]([c]1ccccc1)[CH]1C(C)=Cc2ccccc21.CC[N-]CC.CC[N-]CC.[Hf]. The third-order valence-electron chi connectivity index (χ3n) is 8.12. The van der Waals surface area contributed by atoms with Gasteiger partial charge in [0.2, 0.25) is 0 Å². The van der Waals surface area contributed by atoms with Crippen molar-refractivity contribution in [2.45, 2.75) is 51.4 Å². The molecule has 0 saturated carbocycles. The van der Waals surface area contributed by atoms with Crippen LogP contribution in [0.15, 0.2) is 114 Å². The van der Waals surface area contributed by atoms with Crippen molar-refractivity contribution in [3.8, 4) is 0 Å². The molecule has 0 spiro atoms. The molecule has 227 valence electrons. The van der Waals surface area contributed by atoms with Gasteiger partial charge in [0, 0.05) is 25.8 Å². The fraction of sp³-hybridized carbons (Fsp3) is 0.300. The van der Waals surface area contributed by atoms with Crippen LogP contribution < -0.4 is 7.16 Å². The van der Waals surface area contributed by atoms with Gasteiger partial charge in [-0.25, -0.2) is 0 Å². The molecule has 2 nitrogen and oxygen atoms in total. The first-order chi connectivity index (χ1) is 21.0. The molecule has 0 N–H and O–H groups in total. The standard InChI is InChI=1S/C16H13.C10H9.C6H5.2C4H10N.Hf.Sn/c1-12-11-14-9-5-6-10-15(14)16(12)13-7-3-2-4-8-13;1-8-6-9-4-2-3-5-10(9)7-8;1-2-4-6-5-3-1;2*1-3-5-4-2;;/h2-7,9-11,16H,1H3;2-7H,1H3;1-5H;2*3-4H2,1-2H3;;/q;;;2*-1;;.